The SMILES string of the molecule is CC(C)CNC(=O)c1cccc(CN(C)CCC(=O)O)c1.Cl. The average Bonchev–Trinajstić information content (AvgIpc) is 2.42. The highest BCUT2D eigenvalue weighted by molar-refractivity contribution is 5.94. The van der Waals surface area contributed by atoms with Gasteiger partial charge in [0, 0.05) is 25.2 Å². The van der Waals surface area contributed by atoms with E-state index in [0.717, 1.165) is 5.56 Å². The van der Waals surface area contributed by atoms with Crippen LogP contribution in [0.15, 0.2) is 24.3 Å². The third-order valence-electron chi connectivity index (χ3n) is 3.02. The molecule has 1 amide bonds. The van der Waals surface area contributed by atoms with Gasteiger partial charge in [0.2, 0.25) is 0 Å². The van der Waals surface area contributed by atoms with Crippen LogP contribution in [0.3, 0.4) is 0 Å². The van der Waals surface area contributed by atoms with Crippen LogP contribution in [0, 0.1) is 5.92 Å². The average molecular weight is 329 g/mol. The highest BCUT2D eigenvalue weighted by Gasteiger charge is 2.08. The number of carboxylic acid groups (broad SMARTS) is 1. The summed E-state index contributed by atoms with van der Waals surface area (Å²) in [4.78, 5) is 24.5. The van der Waals surface area contributed by atoms with Crippen LogP contribution < -0.4 is 5.32 Å². The van der Waals surface area contributed by atoms with Crippen molar-refractivity contribution >= 4 is 24.3 Å². The number of nitrogens with one attached hydrogen (secondary N) is 1. The molecule has 22 heavy (non-hydrogen) atoms. The Labute approximate surface area is 138 Å². The van der Waals surface area contributed by atoms with Crippen molar-refractivity contribution in [1.82, 2.24) is 10.2 Å². The van der Waals surface area contributed by atoms with Crippen LogP contribution in [-0.4, -0.2) is 42.0 Å². The first-order valence-electron chi connectivity index (χ1n) is 7.16. The minimum absolute atomic E-state index is 0. The van der Waals surface area contributed by atoms with Gasteiger partial charge in [-0.15, -0.1) is 12.4 Å². The number of carboxylic acids is 1. The van der Waals surface area contributed by atoms with Crippen molar-refractivity contribution in [2.24, 2.45) is 5.92 Å². The number of aliphatic carboxylic acids is 1. The molecule has 0 heterocycles. The van der Waals surface area contributed by atoms with E-state index in [1.54, 1.807) is 6.07 Å². The van der Waals surface area contributed by atoms with Crippen molar-refractivity contribution in [3.05, 3.63) is 35.4 Å². The molecule has 124 valence electrons. The Balaban J connectivity index is 0.00000441. The van der Waals surface area contributed by atoms with E-state index in [1.807, 2.05) is 44.0 Å². The second-order valence-corrected chi connectivity index (χ2v) is 5.69. The first-order chi connectivity index (χ1) is 9.88. The Hall–Kier alpha value is -1.59. The Morgan fingerprint density at radius 2 is 2.00 bits per heavy atom. The molecule has 2 N–H and O–H groups in total. The molecule has 0 unspecified atom stereocenters. The lowest BCUT2D eigenvalue weighted by atomic mass is 10.1. The lowest BCUT2D eigenvalue weighted by Crippen LogP contribution is -2.27. The highest BCUT2D eigenvalue weighted by Crippen LogP contribution is 2.08. The molecular formula is C16H25ClN2O3. The number of nitrogens with zero attached hydrogens (tertiary/aromatic N) is 1. The molecule has 6 heteroatoms. The van der Waals surface area contributed by atoms with Gasteiger partial charge < -0.3 is 15.3 Å². The summed E-state index contributed by atoms with van der Waals surface area (Å²) in [5, 5.41) is 11.6. The summed E-state index contributed by atoms with van der Waals surface area (Å²) in [6.07, 6.45) is 0.116. The lowest BCUT2D eigenvalue weighted by Gasteiger charge is -2.16. The fraction of sp³-hybridized carbons (Fsp3) is 0.500. The molecule has 0 bridgehead atoms. The van der Waals surface area contributed by atoms with Crippen LogP contribution in [0.1, 0.15) is 36.2 Å². The molecule has 0 radical (unpaired) electrons. The van der Waals surface area contributed by atoms with Crippen LogP contribution in [0.2, 0.25) is 0 Å². The van der Waals surface area contributed by atoms with Crippen molar-refractivity contribution in [2.75, 3.05) is 20.1 Å². The minimum atomic E-state index is -0.802. The summed E-state index contributed by atoms with van der Waals surface area (Å²) in [6, 6.07) is 7.44. The van der Waals surface area contributed by atoms with Gasteiger partial charge in [0.15, 0.2) is 0 Å². The van der Waals surface area contributed by atoms with E-state index in [9.17, 15) is 9.59 Å². The molecule has 1 aromatic carbocycles. The normalized spacial score (nSPS) is 10.4. The molecular weight excluding hydrogens is 304 g/mol. The molecule has 0 saturated carbocycles. The molecule has 0 aliphatic carbocycles. The summed E-state index contributed by atoms with van der Waals surface area (Å²) >= 11 is 0. The molecule has 0 atom stereocenters. The molecule has 1 rings (SSSR count). The molecule has 0 spiro atoms. The van der Waals surface area contributed by atoms with Gasteiger partial charge in [-0.3, -0.25) is 9.59 Å². The Kier molecular flexibility index (Phi) is 9.45. The van der Waals surface area contributed by atoms with Gasteiger partial charge in [0.05, 0.1) is 6.42 Å². The number of rotatable bonds is 8. The second kappa shape index (κ2) is 10.2. The van der Waals surface area contributed by atoms with Crippen molar-refractivity contribution in [3.8, 4) is 0 Å². The number of amides is 1. The fourth-order valence-corrected chi connectivity index (χ4v) is 1.89. The first-order valence-corrected chi connectivity index (χ1v) is 7.16. The monoisotopic (exact) mass is 328 g/mol. The summed E-state index contributed by atoms with van der Waals surface area (Å²) < 4.78 is 0. The highest BCUT2D eigenvalue weighted by atomic mass is 35.5. The van der Waals surface area contributed by atoms with Crippen LogP contribution in [0.4, 0.5) is 0 Å². The van der Waals surface area contributed by atoms with Crippen LogP contribution in [0.25, 0.3) is 0 Å². The lowest BCUT2D eigenvalue weighted by molar-refractivity contribution is -0.137. The summed E-state index contributed by atoms with van der Waals surface area (Å²) in [5.74, 6) is -0.457. The maximum Gasteiger partial charge on any atom is 0.304 e. The topological polar surface area (TPSA) is 69.6 Å². The third-order valence-corrected chi connectivity index (χ3v) is 3.02. The number of benzene rings is 1. The number of carbonyl (C=O) groups excluding carboxylic acids is 1. The van der Waals surface area contributed by atoms with Gasteiger partial charge in [-0.1, -0.05) is 26.0 Å². The largest absolute Gasteiger partial charge is 0.481 e. The number of carbonyl (C=O) groups is 2. The first kappa shape index (κ1) is 20.4. The quantitative estimate of drug-likeness (QED) is 0.769. The summed E-state index contributed by atoms with van der Waals surface area (Å²) in [7, 11) is 1.87. The van der Waals surface area contributed by atoms with Gasteiger partial charge in [-0.2, -0.15) is 0 Å². The number of hydrogen-bond donors (Lipinski definition) is 2. The van der Waals surface area contributed by atoms with Gasteiger partial charge in [0.1, 0.15) is 0 Å². The van der Waals surface area contributed by atoms with Crippen LogP contribution in [-0.2, 0) is 11.3 Å². The van der Waals surface area contributed by atoms with E-state index in [0.29, 0.717) is 31.1 Å². The van der Waals surface area contributed by atoms with Gasteiger partial charge in [-0.25, -0.2) is 0 Å². The summed E-state index contributed by atoms with van der Waals surface area (Å²) in [6.45, 7) is 5.86. The second-order valence-electron chi connectivity index (χ2n) is 5.69. The van der Waals surface area contributed by atoms with Crippen LogP contribution >= 0.6 is 12.4 Å². The van der Waals surface area contributed by atoms with E-state index in [1.165, 1.54) is 0 Å². The number of halogens is 1. The Morgan fingerprint density at radius 3 is 2.59 bits per heavy atom. The molecule has 0 saturated heterocycles. The fourth-order valence-electron chi connectivity index (χ4n) is 1.89. The van der Waals surface area contributed by atoms with E-state index in [4.69, 9.17) is 5.11 Å². The third kappa shape index (κ3) is 8.00. The van der Waals surface area contributed by atoms with Gasteiger partial charge in [-0.05, 0) is 30.7 Å². The maximum atomic E-state index is 12.0. The Bertz CT molecular complexity index is 492. The van der Waals surface area contributed by atoms with E-state index in [-0.39, 0.29) is 24.7 Å². The molecule has 0 fully saturated rings. The smallest absolute Gasteiger partial charge is 0.304 e. The van der Waals surface area contributed by atoms with Crippen molar-refractivity contribution in [3.63, 3.8) is 0 Å². The molecule has 0 aromatic heterocycles. The van der Waals surface area contributed by atoms with E-state index in [2.05, 4.69) is 5.32 Å². The summed E-state index contributed by atoms with van der Waals surface area (Å²) in [5.41, 5.74) is 1.64. The predicted octanol–water partition coefficient (Wildman–Crippen LogP) is 2.40. The zero-order valence-electron chi connectivity index (χ0n) is 13.3. The van der Waals surface area contributed by atoms with E-state index < -0.39 is 5.97 Å². The van der Waals surface area contributed by atoms with E-state index >= 15 is 0 Å². The predicted molar refractivity (Wildman–Crippen MR) is 89.4 cm³/mol. The van der Waals surface area contributed by atoms with Crippen molar-refractivity contribution in [2.45, 2.75) is 26.8 Å². The molecule has 1 aromatic rings. The maximum absolute atomic E-state index is 12.0. The standard InChI is InChI=1S/C16H24N2O3.ClH/c1-12(2)10-17-16(21)14-6-4-5-13(9-14)11-18(3)8-7-15(19)20;/h4-6,9,12H,7-8,10-11H2,1-3H3,(H,17,21)(H,19,20);1H. The molecule has 5 nitrogen and oxygen atoms in total. The van der Waals surface area contributed by atoms with Gasteiger partial charge in [0.25, 0.3) is 5.91 Å². The molecule has 0 aliphatic heterocycles. The van der Waals surface area contributed by atoms with Gasteiger partial charge >= 0.3 is 5.97 Å². The minimum Gasteiger partial charge on any atom is -0.481 e. The Morgan fingerprint density at radius 1 is 1.32 bits per heavy atom. The van der Waals surface area contributed by atoms with Crippen molar-refractivity contribution < 1.29 is 14.7 Å². The zero-order chi connectivity index (χ0) is 15.8. The molecule has 0 aliphatic rings. The van der Waals surface area contributed by atoms with Crippen molar-refractivity contribution in [1.29, 1.82) is 0 Å². The zero-order valence-corrected chi connectivity index (χ0v) is 14.2. The number of hydrogen-bond acceptors (Lipinski definition) is 3. The van der Waals surface area contributed by atoms with Crippen LogP contribution in [0.5, 0.6) is 0 Å².